The number of ether oxygens (including phenoxy) is 3. The summed E-state index contributed by atoms with van der Waals surface area (Å²) in [5.41, 5.74) is 1.25. The highest BCUT2D eigenvalue weighted by molar-refractivity contribution is 6.44. The number of halogens is 2. The molecule has 2 aromatic rings. The minimum absolute atomic E-state index is 0.108. The second-order valence-corrected chi connectivity index (χ2v) is 5.83. The molecule has 1 aliphatic rings. The predicted molar refractivity (Wildman–Crippen MR) is 96.6 cm³/mol. The summed E-state index contributed by atoms with van der Waals surface area (Å²) in [5, 5.41) is 0.631. The van der Waals surface area contributed by atoms with Gasteiger partial charge < -0.3 is 14.2 Å². The highest BCUT2D eigenvalue weighted by Gasteiger charge is 2.26. The van der Waals surface area contributed by atoms with Crippen molar-refractivity contribution in [3.05, 3.63) is 63.3 Å². The van der Waals surface area contributed by atoms with Crippen LogP contribution in [0.15, 0.2) is 47.1 Å². The lowest BCUT2D eigenvalue weighted by atomic mass is 10.1. The van der Waals surface area contributed by atoms with Gasteiger partial charge in [0.05, 0.1) is 29.8 Å². The first-order valence-corrected chi connectivity index (χ1v) is 7.98. The molecule has 0 saturated carbocycles. The van der Waals surface area contributed by atoms with Crippen LogP contribution in [0.4, 0.5) is 0 Å². The van der Waals surface area contributed by atoms with E-state index in [1.807, 2.05) is 0 Å². The quantitative estimate of drug-likeness (QED) is 0.586. The Hall–Kier alpha value is -2.50. The highest BCUT2D eigenvalue weighted by atomic mass is 35.5. The fourth-order valence-electron chi connectivity index (χ4n) is 2.28. The van der Waals surface area contributed by atoms with E-state index in [2.05, 4.69) is 4.99 Å². The van der Waals surface area contributed by atoms with Crippen LogP contribution >= 0.6 is 23.2 Å². The SMILES string of the molecule is COc1ccc(/C=C2/N=C(c3cccc(Cl)c3Cl)OC2=O)c(OC)c1. The summed E-state index contributed by atoms with van der Waals surface area (Å²) in [6, 6.07) is 10.3. The average Bonchev–Trinajstić information content (AvgIpc) is 2.98. The van der Waals surface area contributed by atoms with Gasteiger partial charge in [-0.05, 0) is 30.3 Å². The maximum atomic E-state index is 12.1. The molecule has 0 atom stereocenters. The molecule has 0 bridgehead atoms. The van der Waals surface area contributed by atoms with Crippen LogP contribution in [0, 0.1) is 0 Å². The smallest absolute Gasteiger partial charge is 0.363 e. The molecule has 0 saturated heterocycles. The van der Waals surface area contributed by atoms with Crippen molar-refractivity contribution in [2.45, 2.75) is 0 Å². The number of nitrogens with zero attached hydrogens (tertiary/aromatic N) is 1. The standard InChI is InChI=1S/C18H13Cl2NO4/c1-23-11-7-6-10(15(9-11)24-2)8-14-18(22)25-17(21-14)12-4-3-5-13(19)16(12)20/h3-9H,1-2H3/b14-8+. The van der Waals surface area contributed by atoms with Crippen molar-refractivity contribution in [2.75, 3.05) is 14.2 Å². The average molecular weight is 378 g/mol. The van der Waals surface area contributed by atoms with Gasteiger partial charge in [0.25, 0.3) is 0 Å². The summed E-state index contributed by atoms with van der Waals surface area (Å²) in [7, 11) is 3.09. The van der Waals surface area contributed by atoms with Gasteiger partial charge in [-0.3, -0.25) is 0 Å². The minimum atomic E-state index is -0.580. The molecule has 0 N–H and O–H groups in total. The van der Waals surface area contributed by atoms with Crippen molar-refractivity contribution < 1.29 is 19.0 Å². The van der Waals surface area contributed by atoms with Gasteiger partial charge in [0.15, 0.2) is 5.70 Å². The predicted octanol–water partition coefficient (Wildman–Crippen LogP) is 4.36. The zero-order valence-electron chi connectivity index (χ0n) is 13.4. The number of benzene rings is 2. The van der Waals surface area contributed by atoms with Crippen LogP contribution in [0.3, 0.4) is 0 Å². The molecular formula is C18H13Cl2NO4. The van der Waals surface area contributed by atoms with E-state index in [4.69, 9.17) is 37.4 Å². The van der Waals surface area contributed by atoms with Crippen LogP contribution in [-0.4, -0.2) is 26.1 Å². The van der Waals surface area contributed by atoms with E-state index in [1.54, 1.807) is 49.6 Å². The number of cyclic esters (lactones) is 1. The van der Waals surface area contributed by atoms with Crippen LogP contribution in [0.25, 0.3) is 6.08 Å². The number of esters is 1. The van der Waals surface area contributed by atoms with Gasteiger partial charge >= 0.3 is 5.97 Å². The summed E-state index contributed by atoms with van der Waals surface area (Å²) in [5.74, 6) is 0.715. The molecule has 0 unspecified atom stereocenters. The van der Waals surface area contributed by atoms with Gasteiger partial charge in [-0.1, -0.05) is 29.3 Å². The van der Waals surface area contributed by atoms with Crippen molar-refractivity contribution in [3.8, 4) is 11.5 Å². The lowest BCUT2D eigenvalue weighted by Gasteiger charge is -2.07. The molecule has 7 heteroatoms. The lowest BCUT2D eigenvalue weighted by Crippen LogP contribution is -2.06. The van der Waals surface area contributed by atoms with E-state index in [0.717, 1.165) is 0 Å². The van der Waals surface area contributed by atoms with Crippen molar-refractivity contribution in [1.82, 2.24) is 0 Å². The van der Waals surface area contributed by atoms with Crippen molar-refractivity contribution in [1.29, 1.82) is 0 Å². The fraction of sp³-hybridized carbons (Fsp3) is 0.111. The van der Waals surface area contributed by atoms with Crippen LogP contribution < -0.4 is 9.47 Å². The Bertz CT molecular complexity index is 906. The maximum Gasteiger partial charge on any atom is 0.363 e. The van der Waals surface area contributed by atoms with E-state index in [0.29, 0.717) is 27.6 Å². The van der Waals surface area contributed by atoms with Gasteiger partial charge in [-0.2, -0.15) is 0 Å². The largest absolute Gasteiger partial charge is 0.497 e. The second kappa shape index (κ2) is 7.17. The Kier molecular flexibility index (Phi) is 4.97. The molecule has 0 aromatic heterocycles. The first kappa shape index (κ1) is 17.3. The Balaban J connectivity index is 2.00. The Morgan fingerprint density at radius 2 is 1.92 bits per heavy atom. The molecule has 0 radical (unpaired) electrons. The van der Waals surface area contributed by atoms with Crippen LogP contribution in [0.1, 0.15) is 11.1 Å². The van der Waals surface area contributed by atoms with E-state index >= 15 is 0 Å². The van der Waals surface area contributed by atoms with Crippen molar-refractivity contribution >= 4 is 41.1 Å². The normalized spacial score (nSPS) is 15.1. The zero-order valence-corrected chi connectivity index (χ0v) is 14.9. The third-order valence-electron chi connectivity index (χ3n) is 3.54. The van der Waals surface area contributed by atoms with E-state index in [-0.39, 0.29) is 16.6 Å². The molecule has 0 amide bonds. The molecular weight excluding hydrogens is 365 g/mol. The minimum Gasteiger partial charge on any atom is -0.497 e. The summed E-state index contributed by atoms with van der Waals surface area (Å²) >= 11 is 12.1. The molecule has 25 heavy (non-hydrogen) atoms. The fourth-order valence-corrected chi connectivity index (χ4v) is 2.66. The molecule has 2 aromatic carbocycles. The Labute approximate surface area is 154 Å². The number of aliphatic imine (C=N–C) groups is 1. The first-order valence-electron chi connectivity index (χ1n) is 7.22. The topological polar surface area (TPSA) is 57.1 Å². The lowest BCUT2D eigenvalue weighted by molar-refractivity contribution is -0.129. The van der Waals surface area contributed by atoms with Gasteiger partial charge in [0.1, 0.15) is 11.5 Å². The first-order chi connectivity index (χ1) is 12.0. The number of carbonyl (C=O) groups excluding carboxylic acids is 1. The van der Waals surface area contributed by atoms with Gasteiger partial charge in [0, 0.05) is 11.6 Å². The van der Waals surface area contributed by atoms with E-state index < -0.39 is 5.97 Å². The van der Waals surface area contributed by atoms with E-state index in [9.17, 15) is 4.79 Å². The van der Waals surface area contributed by atoms with Gasteiger partial charge in [-0.15, -0.1) is 0 Å². The zero-order chi connectivity index (χ0) is 18.0. The third kappa shape index (κ3) is 3.48. The number of carbonyl (C=O) groups is 1. The highest BCUT2D eigenvalue weighted by Crippen LogP contribution is 2.31. The van der Waals surface area contributed by atoms with Crippen LogP contribution in [0.5, 0.6) is 11.5 Å². The summed E-state index contributed by atoms with van der Waals surface area (Å²) < 4.78 is 15.7. The maximum absolute atomic E-state index is 12.1. The van der Waals surface area contributed by atoms with E-state index in [1.165, 1.54) is 7.11 Å². The van der Waals surface area contributed by atoms with Crippen molar-refractivity contribution in [3.63, 3.8) is 0 Å². The molecule has 3 rings (SSSR count). The number of hydrogen-bond acceptors (Lipinski definition) is 5. The summed E-state index contributed by atoms with van der Waals surface area (Å²) in [6.07, 6.45) is 1.58. The molecule has 1 heterocycles. The molecule has 0 fully saturated rings. The molecule has 1 aliphatic heterocycles. The monoisotopic (exact) mass is 377 g/mol. The van der Waals surface area contributed by atoms with Gasteiger partial charge in [-0.25, -0.2) is 9.79 Å². The number of hydrogen-bond donors (Lipinski definition) is 0. The molecule has 0 aliphatic carbocycles. The Morgan fingerprint density at radius 3 is 2.64 bits per heavy atom. The van der Waals surface area contributed by atoms with Crippen molar-refractivity contribution in [2.24, 2.45) is 4.99 Å². The Morgan fingerprint density at radius 1 is 1.12 bits per heavy atom. The summed E-state index contributed by atoms with van der Waals surface area (Å²) in [6.45, 7) is 0. The molecule has 128 valence electrons. The molecule has 0 spiro atoms. The van der Waals surface area contributed by atoms with Crippen LogP contribution in [0.2, 0.25) is 10.0 Å². The second-order valence-electron chi connectivity index (χ2n) is 5.05. The van der Waals surface area contributed by atoms with Crippen LogP contribution in [-0.2, 0) is 9.53 Å². The summed E-state index contributed by atoms with van der Waals surface area (Å²) in [4.78, 5) is 16.4. The van der Waals surface area contributed by atoms with Gasteiger partial charge in [0.2, 0.25) is 5.90 Å². The third-order valence-corrected chi connectivity index (χ3v) is 4.35. The molecule has 5 nitrogen and oxygen atoms in total. The number of rotatable bonds is 4. The number of methoxy groups -OCH3 is 2.